The number of amides is 1. The minimum Gasteiger partial charge on any atom is -0.346 e. The summed E-state index contributed by atoms with van der Waals surface area (Å²) in [4.78, 5) is 13.5. The molecule has 0 radical (unpaired) electrons. The van der Waals surface area contributed by atoms with Crippen molar-refractivity contribution in [3.8, 4) is 0 Å². The van der Waals surface area contributed by atoms with Gasteiger partial charge < -0.3 is 10.2 Å². The molecule has 3 nitrogen and oxygen atoms in total. The van der Waals surface area contributed by atoms with Gasteiger partial charge in [0.15, 0.2) is 0 Å². The summed E-state index contributed by atoms with van der Waals surface area (Å²) in [7, 11) is 1.91. The Bertz CT molecular complexity index is 193. The molecule has 0 atom stereocenters. The number of carbonyl (C=O) groups excluding carboxylic acids is 1. The highest BCUT2D eigenvalue weighted by atomic mass is 35.5. The molecule has 1 N–H and O–H groups in total. The Morgan fingerprint density at radius 2 is 2.00 bits per heavy atom. The van der Waals surface area contributed by atoms with Gasteiger partial charge >= 0.3 is 0 Å². The van der Waals surface area contributed by atoms with E-state index >= 15 is 0 Å². The van der Waals surface area contributed by atoms with E-state index in [4.69, 9.17) is 0 Å². The van der Waals surface area contributed by atoms with Crippen LogP contribution in [0.25, 0.3) is 0 Å². The van der Waals surface area contributed by atoms with Gasteiger partial charge in [-0.25, -0.2) is 0 Å². The van der Waals surface area contributed by atoms with Crippen molar-refractivity contribution < 1.29 is 4.79 Å². The maximum Gasteiger partial charge on any atom is 0.222 e. The summed E-state index contributed by atoms with van der Waals surface area (Å²) in [5.41, 5.74) is 0. The van der Waals surface area contributed by atoms with Gasteiger partial charge in [-0.1, -0.05) is 6.92 Å². The molecule has 1 aliphatic rings. The third kappa shape index (κ3) is 5.71. The zero-order valence-electron chi connectivity index (χ0n) is 10.5. The van der Waals surface area contributed by atoms with E-state index in [-0.39, 0.29) is 12.4 Å². The number of nitrogens with zero attached hydrogens (tertiary/aromatic N) is 1. The van der Waals surface area contributed by atoms with Crippen LogP contribution in [-0.2, 0) is 4.79 Å². The first-order valence-electron chi connectivity index (χ1n) is 6.18. The number of hydrogen-bond acceptors (Lipinski definition) is 2. The summed E-state index contributed by atoms with van der Waals surface area (Å²) in [6.07, 6.45) is 5.35. The van der Waals surface area contributed by atoms with Crippen molar-refractivity contribution in [1.82, 2.24) is 10.2 Å². The van der Waals surface area contributed by atoms with Gasteiger partial charge in [0.1, 0.15) is 0 Å². The van der Waals surface area contributed by atoms with Crippen LogP contribution in [0.5, 0.6) is 0 Å². The molecule has 0 spiro atoms. The van der Waals surface area contributed by atoms with E-state index in [0.717, 1.165) is 44.8 Å². The fraction of sp³-hybridized carbons (Fsp3) is 0.917. The standard InChI is InChI=1S/C12H24N2O.ClH/c1-3-10-14(2)12(15)5-4-11-6-8-13-9-7-11;/h11,13H,3-10H2,1-2H3;1H. The molecule has 0 aromatic heterocycles. The summed E-state index contributed by atoms with van der Waals surface area (Å²) < 4.78 is 0. The van der Waals surface area contributed by atoms with Crippen molar-refractivity contribution in [3.05, 3.63) is 0 Å². The Labute approximate surface area is 105 Å². The highest BCUT2D eigenvalue weighted by Gasteiger charge is 2.15. The minimum atomic E-state index is 0. The van der Waals surface area contributed by atoms with Gasteiger partial charge in [-0.15, -0.1) is 12.4 Å². The normalized spacial score (nSPS) is 16.6. The van der Waals surface area contributed by atoms with Gasteiger partial charge in [0.25, 0.3) is 0 Å². The van der Waals surface area contributed by atoms with Gasteiger partial charge in [-0.2, -0.15) is 0 Å². The number of carbonyl (C=O) groups is 1. The van der Waals surface area contributed by atoms with Crippen LogP contribution >= 0.6 is 12.4 Å². The monoisotopic (exact) mass is 248 g/mol. The smallest absolute Gasteiger partial charge is 0.222 e. The molecule has 0 unspecified atom stereocenters. The predicted octanol–water partition coefficient (Wildman–Crippen LogP) is 2.06. The van der Waals surface area contributed by atoms with Gasteiger partial charge in [-0.05, 0) is 44.7 Å². The maximum absolute atomic E-state index is 11.7. The summed E-state index contributed by atoms with van der Waals surface area (Å²) in [6, 6.07) is 0. The van der Waals surface area contributed by atoms with Crippen LogP contribution in [0.4, 0.5) is 0 Å². The molecule has 4 heteroatoms. The summed E-state index contributed by atoms with van der Waals surface area (Å²) >= 11 is 0. The molecule has 0 aliphatic carbocycles. The van der Waals surface area contributed by atoms with E-state index in [9.17, 15) is 4.79 Å². The molecule has 1 aliphatic heterocycles. The lowest BCUT2D eigenvalue weighted by Gasteiger charge is -2.23. The van der Waals surface area contributed by atoms with Crippen LogP contribution in [0.1, 0.15) is 39.0 Å². The Balaban J connectivity index is 0.00000225. The second-order valence-corrected chi connectivity index (χ2v) is 4.55. The fourth-order valence-electron chi connectivity index (χ4n) is 2.15. The Kier molecular flexibility index (Phi) is 8.67. The van der Waals surface area contributed by atoms with Crippen LogP contribution < -0.4 is 5.32 Å². The number of nitrogens with one attached hydrogen (secondary N) is 1. The van der Waals surface area contributed by atoms with Crippen molar-refractivity contribution in [2.75, 3.05) is 26.7 Å². The summed E-state index contributed by atoms with van der Waals surface area (Å²) in [6.45, 7) is 5.26. The number of hydrogen-bond donors (Lipinski definition) is 1. The zero-order chi connectivity index (χ0) is 11.1. The maximum atomic E-state index is 11.7. The molecule has 1 heterocycles. The number of halogens is 1. The molecule has 1 fully saturated rings. The fourth-order valence-corrected chi connectivity index (χ4v) is 2.15. The molecule has 0 aromatic rings. The lowest BCUT2D eigenvalue weighted by Crippen LogP contribution is -2.30. The molecule has 0 bridgehead atoms. The van der Waals surface area contributed by atoms with Crippen molar-refractivity contribution in [2.45, 2.75) is 39.0 Å². The van der Waals surface area contributed by atoms with Crippen LogP contribution in [0.3, 0.4) is 0 Å². The average Bonchev–Trinajstić information content (AvgIpc) is 2.27. The van der Waals surface area contributed by atoms with Crippen LogP contribution in [0.15, 0.2) is 0 Å². The molecule has 1 saturated heterocycles. The molecule has 0 aromatic carbocycles. The molecule has 16 heavy (non-hydrogen) atoms. The summed E-state index contributed by atoms with van der Waals surface area (Å²) in [5.74, 6) is 1.08. The number of rotatable bonds is 5. The SMILES string of the molecule is CCCN(C)C(=O)CCC1CCNCC1.Cl. The second kappa shape index (κ2) is 8.82. The lowest BCUT2D eigenvalue weighted by atomic mass is 9.93. The third-order valence-corrected chi connectivity index (χ3v) is 3.21. The van der Waals surface area contributed by atoms with E-state index in [0.29, 0.717) is 5.91 Å². The Morgan fingerprint density at radius 1 is 1.38 bits per heavy atom. The average molecular weight is 249 g/mol. The largest absolute Gasteiger partial charge is 0.346 e. The molecular weight excluding hydrogens is 224 g/mol. The third-order valence-electron chi connectivity index (χ3n) is 3.21. The van der Waals surface area contributed by atoms with E-state index < -0.39 is 0 Å². The predicted molar refractivity (Wildman–Crippen MR) is 70.0 cm³/mol. The lowest BCUT2D eigenvalue weighted by molar-refractivity contribution is -0.130. The zero-order valence-corrected chi connectivity index (χ0v) is 11.3. The van der Waals surface area contributed by atoms with E-state index in [1.807, 2.05) is 11.9 Å². The Morgan fingerprint density at radius 3 is 2.56 bits per heavy atom. The van der Waals surface area contributed by atoms with Crippen molar-refractivity contribution >= 4 is 18.3 Å². The highest BCUT2D eigenvalue weighted by Crippen LogP contribution is 2.18. The molecule has 0 saturated carbocycles. The Hall–Kier alpha value is -0.280. The highest BCUT2D eigenvalue weighted by molar-refractivity contribution is 5.85. The number of piperidine rings is 1. The second-order valence-electron chi connectivity index (χ2n) is 4.55. The van der Waals surface area contributed by atoms with Gasteiger partial charge in [0, 0.05) is 20.0 Å². The van der Waals surface area contributed by atoms with Crippen molar-refractivity contribution in [3.63, 3.8) is 0 Å². The van der Waals surface area contributed by atoms with Gasteiger partial charge in [-0.3, -0.25) is 4.79 Å². The van der Waals surface area contributed by atoms with Crippen LogP contribution in [0, 0.1) is 5.92 Å². The first kappa shape index (κ1) is 15.7. The topological polar surface area (TPSA) is 32.3 Å². The first-order valence-corrected chi connectivity index (χ1v) is 6.18. The molecular formula is C12H25ClN2O. The first-order chi connectivity index (χ1) is 7.24. The van der Waals surface area contributed by atoms with Crippen molar-refractivity contribution in [2.24, 2.45) is 5.92 Å². The van der Waals surface area contributed by atoms with Crippen LogP contribution in [0.2, 0.25) is 0 Å². The van der Waals surface area contributed by atoms with E-state index in [1.165, 1.54) is 12.8 Å². The van der Waals surface area contributed by atoms with Gasteiger partial charge in [0.05, 0.1) is 0 Å². The summed E-state index contributed by atoms with van der Waals surface area (Å²) in [5, 5.41) is 3.35. The van der Waals surface area contributed by atoms with Gasteiger partial charge in [0.2, 0.25) is 5.91 Å². The molecule has 96 valence electrons. The molecule has 1 amide bonds. The van der Waals surface area contributed by atoms with E-state index in [2.05, 4.69) is 12.2 Å². The van der Waals surface area contributed by atoms with Crippen LogP contribution in [-0.4, -0.2) is 37.5 Å². The van der Waals surface area contributed by atoms with E-state index in [1.54, 1.807) is 0 Å². The quantitative estimate of drug-likeness (QED) is 0.808. The molecule has 1 rings (SSSR count). The van der Waals surface area contributed by atoms with Crippen molar-refractivity contribution in [1.29, 1.82) is 0 Å². The minimum absolute atomic E-state index is 0.